The number of carbonyl (C=O) groups is 1. The van der Waals surface area contributed by atoms with Crippen LogP contribution in [-0.2, 0) is 6.42 Å². The minimum absolute atomic E-state index is 0.0539. The lowest BCUT2D eigenvalue weighted by Crippen LogP contribution is -2.40. The molecule has 5 nitrogen and oxygen atoms in total. The highest BCUT2D eigenvalue weighted by Gasteiger charge is 2.42. The van der Waals surface area contributed by atoms with E-state index in [1.165, 1.54) is 0 Å². The first kappa shape index (κ1) is 15.6. The fourth-order valence-corrected chi connectivity index (χ4v) is 2.24. The van der Waals surface area contributed by atoms with Gasteiger partial charge < -0.3 is 20.5 Å². The number of aliphatic hydroxyl groups excluding tert-OH is 1. The first-order chi connectivity index (χ1) is 10.1. The van der Waals surface area contributed by atoms with Gasteiger partial charge in [-0.1, -0.05) is 12.1 Å². The van der Waals surface area contributed by atoms with Gasteiger partial charge in [-0.05, 0) is 43.4 Å². The molecule has 3 N–H and O–H groups in total. The predicted molar refractivity (Wildman–Crippen MR) is 81.6 cm³/mol. The molecule has 2 amide bonds. The van der Waals surface area contributed by atoms with Gasteiger partial charge in [-0.3, -0.25) is 0 Å². The molecule has 0 bridgehead atoms. The van der Waals surface area contributed by atoms with Gasteiger partial charge in [0.25, 0.3) is 0 Å². The van der Waals surface area contributed by atoms with E-state index in [2.05, 4.69) is 10.6 Å². The molecule has 0 saturated heterocycles. The fourth-order valence-electron chi connectivity index (χ4n) is 2.24. The SMILES string of the molecule is COc1cc(CCNC(=O)NCC2(CO)CC2)ccc1C. The monoisotopic (exact) mass is 292 g/mol. The molecule has 0 heterocycles. The molecule has 1 aliphatic carbocycles. The molecule has 116 valence electrons. The van der Waals surface area contributed by atoms with Crippen LogP contribution in [0.15, 0.2) is 18.2 Å². The number of aliphatic hydroxyl groups is 1. The highest BCUT2D eigenvalue weighted by molar-refractivity contribution is 5.73. The average molecular weight is 292 g/mol. The molecule has 0 aromatic heterocycles. The summed E-state index contributed by atoms with van der Waals surface area (Å²) in [5.41, 5.74) is 2.18. The highest BCUT2D eigenvalue weighted by Crippen LogP contribution is 2.44. The molecule has 0 radical (unpaired) electrons. The zero-order valence-corrected chi connectivity index (χ0v) is 12.7. The van der Waals surface area contributed by atoms with Crippen LogP contribution in [-0.4, -0.2) is 37.9 Å². The number of aryl methyl sites for hydroxylation is 1. The second-order valence-electron chi connectivity index (χ2n) is 5.82. The molecule has 0 unspecified atom stereocenters. The van der Waals surface area contributed by atoms with Crippen molar-refractivity contribution in [1.82, 2.24) is 10.6 Å². The standard InChI is InChI=1S/C16H24N2O3/c1-12-3-4-13(9-14(12)21-2)5-8-17-15(20)18-10-16(11-19)6-7-16/h3-4,9,19H,5-8,10-11H2,1-2H3,(H2,17,18,20). The van der Waals surface area contributed by atoms with E-state index >= 15 is 0 Å². The number of hydrogen-bond donors (Lipinski definition) is 3. The normalized spacial score (nSPS) is 15.4. The van der Waals surface area contributed by atoms with Crippen LogP contribution in [0, 0.1) is 12.3 Å². The number of amides is 2. The van der Waals surface area contributed by atoms with Crippen LogP contribution in [0.4, 0.5) is 4.79 Å². The number of benzene rings is 1. The van der Waals surface area contributed by atoms with E-state index < -0.39 is 0 Å². The van der Waals surface area contributed by atoms with Crippen molar-refractivity contribution >= 4 is 6.03 Å². The van der Waals surface area contributed by atoms with Gasteiger partial charge in [0.15, 0.2) is 0 Å². The summed E-state index contributed by atoms with van der Waals surface area (Å²) >= 11 is 0. The third kappa shape index (κ3) is 4.36. The van der Waals surface area contributed by atoms with Crippen molar-refractivity contribution in [3.05, 3.63) is 29.3 Å². The van der Waals surface area contributed by atoms with Crippen LogP contribution >= 0.6 is 0 Å². The van der Waals surface area contributed by atoms with E-state index in [-0.39, 0.29) is 18.1 Å². The molecule has 21 heavy (non-hydrogen) atoms. The largest absolute Gasteiger partial charge is 0.496 e. The average Bonchev–Trinajstić information content (AvgIpc) is 3.27. The summed E-state index contributed by atoms with van der Waals surface area (Å²) < 4.78 is 5.29. The molecule has 1 aliphatic rings. The number of ether oxygens (including phenoxy) is 1. The Kier molecular flexibility index (Phi) is 5.07. The molecular formula is C16H24N2O3. The third-order valence-corrected chi connectivity index (χ3v) is 4.09. The molecule has 1 aromatic carbocycles. The maximum absolute atomic E-state index is 11.7. The van der Waals surface area contributed by atoms with Gasteiger partial charge in [-0.2, -0.15) is 0 Å². The number of hydrogen-bond acceptors (Lipinski definition) is 3. The van der Waals surface area contributed by atoms with Crippen molar-refractivity contribution < 1.29 is 14.6 Å². The van der Waals surface area contributed by atoms with Gasteiger partial charge in [0, 0.05) is 18.5 Å². The Morgan fingerprint density at radius 2 is 2.14 bits per heavy atom. The Morgan fingerprint density at radius 3 is 2.76 bits per heavy atom. The van der Waals surface area contributed by atoms with Gasteiger partial charge in [0.2, 0.25) is 0 Å². The number of urea groups is 1. The summed E-state index contributed by atoms with van der Waals surface area (Å²) in [6.45, 7) is 3.28. The van der Waals surface area contributed by atoms with E-state index in [1.54, 1.807) is 7.11 Å². The zero-order valence-electron chi connectivity index (χ0n) is 12.7. The smallest absolute Gasteiger partial charge is 0.314 e. The Morgan fingerprint density at radius 1 is 1.38 bits per heavy atom. The van der Waals surface area contributed by atoms with Crippen LogP contribution in [0.1, 0.15) is 24.0 Å². The highest BCUT2D eigenvalue weighted by atomic mass is 16.5. The van der Waals surface area contributed by atoms with Crippen molar-refractivity contribution in [1.29, 1.82) is 0 Å². The molecule has 5 heteroatoms. The van der Waals surface area contributed by atoms with Crippen LogP contribution in [0.2, 0.25) is 0 Å². The second kappa shape index (κ2) is 6.80. The quantitative estimate of drug-likeness (QED) is 0.715. The third-order valence-electron chi connectivity index (χ3n) is 4.09. The lowest BCUT2D eigenvalue weighted by atomic mass is 10.1. The molecule has 1 aromatic rings. The summed E-state index contributed by atoms with van der Waals surface area (Å²) in [7, 11) is 1.66. The van der Waals surface area contributed by atoms with Crippen molar-refractivity contribution in [3.8, 4) is 5.75 Å². The second-order valence-corrected chi connectivity index (χ2v) is 5.82. The van der Waals surface area contributed by atoms with Gasteiger partial charge in [0.05, 0.1) is 13.7 Å². The molecule has 1 saturated carbocycles. The van der Waals surface area contributed by atoms with Gasteiger partial charge >= 0.3 is 6.03 Å². The first-order valence-electron chi connectivity index (χ1n) is 7.35. The van der Waals surface area contributed by atoms with Gasteiger partial charge in [-0.25, -0.2) is 4.79 Å². The number of nitrogens with one attached hydrogen (secondary N) is 2. The van der Waals surface area contributed by atoms with E-state index in [1.807, 2.05) is 25.1 Å². The van der Waals surface area contributed by atoms with Crippen LogP contribution in [0.25, 0.3) is 0 Å². The van der Waals surface area contributed by atoms with Crippen LogP contribution in [0.3, 0.4) is 0 Å². The minimum Gasteiger partial charge on any atom is -0.496 e. The molecule has 1 fully saturated rings. The van der Waals surface area contributed by atoms with Crippen molar-refractivity contribution in [3.63, 3.8) is 0 Å². The maximum Gasteiger partial charge on any atom is 0.314 e. The van der Waals surface area contributed by atoms with Gasteiger partial charge in [-0.15, -0.1) is 0 Å². The molecule has 2 rings (SSSR count). The maximum atomic E-state index is 11.7. The molecular weight excluding hydrogens is 268 g/mol. The summed E-state index contributed by atoms with van der Waals surface area (Å²) in [6, 6.07) is 5.89. The minimum atomic E-state index is -0.172. The van der Waals surface area contributed by atoms with Gasteiger partial charge in [0.1, 0.15) is 5.75 Å². The van der Waals surface area contributed by atoms with Crippen molar-refractivity contribution in [2.75, 3.05) is 26.8 Å². The number of methoxy groups -OCH3 is 1. The van der Waals surface area contributed by atoms with E-state index in [0.717, 1.165) is 36.1 Å². The Labute approximate surface area is 125 Å². The van der Waals surface area contributed by atoms with E-state index in [0.29, 0.717) is 13.1 Å². The number of rotatable bonds is 7. The summed E-state index contributed by atoms with van der Waals surface area (Å²) in [4.78, 5) is 11.7. The molecule has 0 spiro atoms. The van der Waals surface area contributed by atoms with E-state index in [4.69, 9.17) is 4.74 Å². The summed E-state index contributed by atoms with van der Waals surface area (Å²) in [5.74, 6) is 0.871. The van der Waals surface area contributed by atoms with Crippen LogP contribution in [0.5, 0.6) is 5.75 Å². The topological polar surface area (TPSA) is 70.6 Å². The lowest BCUT2D eigenvalue weighted by Gasteiger charge is -2.13. The molecule has 0 aliphatic heterocycles. The van der Waals surface area contributed by atoms with Crippen molar-refractivity contribution in [2.45, 2.75) is 26.2 Å². The fraction of sp³-hybridized carbons (Fsp3) is 0.562. The van der Waals surface area contributed by atoms with E-state index in [9.17, 15) is 9.90 Å². The van der Waals surface area contributed by atoms with Crippen LogP contribution < -0.4 is 15.4 Å². The summed E-state index contributed by atoms with van der Waals surface area (Å²) in [6.07, 6.45) is 2.75. The first-order valence-corrected chi connectivity index (χ1v) is 7.35. The number of carbonyl (C=O) groups excluding carboxylic acids is 1. The Bertz CT molecular complexity index is 498. The Hall–Kier alpha value is -1.75. The summed E-state index contributed by atoms with van der Waals surface area (Å²) in [5, 5.41) is 14.8. The predicted octanol–water partition coefficient (Wildman–Crippen LogP) is 1.62. The molecule has 0 atom stereocenters. The van der Waals surface area contributed by atoms with Crippen molar-refractivity contribution in [2.24, 2.45) is 5.41 Å². The lowest BCUT2D eigenvalue weighted by molar-refractivity contribution is 0.203. The Balaban J connectivity index is 1.70. The zero-order chi connectivity index (χ0) is 15.3.